The summed E-state index contributed by atoms with van der Waals surface area (Å²) in [5.41, 5.74) is 2.00. The highest BCUT2D eigenvalue weighted by atomic mass is 32.1. The summed E-state index contributed by atoms with van der Waals surface area (Å²) in [6.07, 6.45) is 1.58. The van der Waals surface area contributed by atoms with E-state index in [0.717, 1.165) is 28.4 Å². The molecule has 0 saturated heterocycles. The lowest BCUT2D eigenvalue weighted by molar-refractivity contribution is 0.282. The summed E-state index contributed by atoms with van der Waals surface area (Å²) in [6.45, 7) is 2.72. The van der Waals surface area contributed by atoms with Crippen LogP contribution in [0.2, 0.25) is 0 Å². The van der Waals surface area contributed by atoms with Gasteiger partial charge in [-0.15, -0.1) is 11.3 Å². The van der Waals surface area contributed by atoms with Gasteiger partial charge in [-0.05, 0) is 24.5 Å². The molecule has 0 bridgehead atoms. The van der Waals surface area contributed by atoms with Crippen LogP contribution in [0, 0.1) is 0 Å². The van der Waals surface area contributed by atoms with E-state index in [1.54, 1.807) is 11.3 Å². The standard InChI is InChI=1S/C14H17NO2S/c1-2-14-15-12(10-18-14)9-17-13-6-4-3-5-11(13)7-8-16/h3-6,10,16H,2,7-9H2,1H3. The Labute approximate surface area is 111 Å². The monoisotopic (exact) mass is 263 g/mol. The first-order chi connectivity index (χ1) is 8.83. The lowest BCUT2D eigenvalue weighted by atomic mass is 10.1. The largest absolute Gasteiger partial charge is 0.487 e. The summed E-state index contributed by atoms with van der Waals surface area (Å²) in [5.74, 6) is 0.831. The lowest BCUT2D eigenvalue weighted by Gasteiger charge is -2.09. The van der Waals surface area contributed by atoms with E-state index in [0.29, 0.717) is 13.0 Å². The molecule has 0 aliphatic rings. The van der Waals surface area contributed by atoms with E-state index in [-0.39, 0.29) is 6.61 Å². The predicted octanol–water partition coefficient (Wildman–Crippen LogP) is 2.82. The lowest BCUT2D eigenvalue weighted by Crippen LogP contribution is -2.00. The quantitative estimate of drug-likeness (QED) is 0.871. The Balaban J connectivity index is 2.01. The van der Waals surface area contributed by atoms with Crippen molar-refractivity contribution in [1.82, 2.24) is 4.98 Å². The summed E-state index contributed by atoms with van der Waals surface area (Å²) >= 11 is 1.67. The van der Waals surface area contributed by atoms with Crippen LogP contribution in [0.25, 0.3) is 0 Å². The number of hydrogen-bond acceptors (Lipinski definition) is 4. The van der Waals surface area contributed by atoms with Crippen LogP contribution in [0.1, 0.15) is 23.2 Å². The van der Waals surface area contributed by atoms with Crippen LogP contribution in [0.5, 0.6) is 5.75 Å². The average Bonchev–Trinajstić information content (AvgIpc) is 2.86. The smallest absolute Gasteiger partial charge is 0.131 e. The van der Waals surface area contributed by atoms with Crippen molar-refractivity contribution in [2.75, 3.05) is 6.61 Å². The molecule has 0 amide bonds. The number of thiazole rings is 1. The Morgan fingerprint density at radius 1 is 1.33 bits per heavy atom. The number of aromatic nitrogens is 1. The second kappa shape index (κ2) is 6.52. The van der Waals surface area contributed by atoms with Crippen molar-refractivity contribution in [3.8, 4) is 5.75 Å². The van der Waals surface area contributed by atoms with Gasteiger partial charge in [-0.3, -0.25) is 0 Å². The first-order valence-corrected chi connectivity index (χ1v) is 6.96. The molecule has 0 aliphatic heterocycles. The van der Waals surface area contributed by atoms with E-state index in [2.05, 4.69) is 11.9 Å². The van der Waals surface area contributed by atoms with E-state index in [1.165, 1.54) is 0 Å². The van der Waals surface area contributed by atoms with E-state index in [1.807, 2.05) is 29.6 Å². The van der Waals surface area contributed by atoms with Crippen LogP contribution in [0.3, 0.4) is 0 Å². The van der Waals surface area contributed by atoms with Crippen molar-refractivity contribution in [3.05, 3.63) is 45.9 Å². The van der Waals surface area contributed by atoms with Gasteiger partial charge in [0.1, 0.15) is 12.4 Å². The van der Waals surface area contributed by atoms with Gasteiger partial charge in [0.25, 0.3) is 0 Å². The zero-order valence-corrected chi connectivity index (χ0v) is 11.2. The summed E-state index contributed by atoms with van der Waals surface area (Å²) in [7, 11) is 0. The van der Waals surface area contributed by atoms with Crippen molar-refractivity contribution >= 4 is 11.3 Å². The van der Waals surface area contributed by atoms with Gasteiger partial charge >= 0.3 is 0 Å². The Morgan fingerprint density at radius 3 is 2.89 bits per heavy atom. The number of aliphatic hydroxyl groups excluding tert-OH is 1. The molecule has 0 aliphatic carbocycles. The first-order valence-electron chi connectivity index (χ1n) is 6.08. The minimum absolute atomic E-state index is 0.136. The van der Waals surface area contributed by atoms with Gasteiger partial charge in [-0.25, -0.2) is 4.98 Å². The SMILES string of the molecule is CCc1nc(COc2ccccc2CCO)cs1. The third-order valence-corrected chi connectivity index (χ3v) is 3.67. The highest BCUT2D eigenvalue weighted by molar-refractivity contribution is 7.09. The van der Waals surface area contributed by atoms with Gasteiger partial charge in [0.05, 0.1) is 10.7 Å². The van der Waals surface area contributed by atoms with E-state index < -0.39 is 0 Å². The number of rotatable bonds is 6. The molecule has 1 N–H and O–H groups in total. The summed E-state index contributed by atoms with van der Waals surface area (Å²) in [6, 6.07) is 7.80. The fourth-order valence-corrected chi connectivity index (χ4v) is 2.43. The molecule has 1 aromatic carbocycles. The maximum absolute atomic E-state index is 9.00. The average molecular weight is 263 g/mol. The van der Waals surface area contributed by atoms with Crippen LogP contribution in [0.15, 0.2) is 29.6 Å². The van der Waals surface area contributed by atoms with Gasteiger partial charge in [-0.2, -0.15) is 0 Å². The number of nitrogens with zero attached hydrogens (tertiary/aromatic N) is 1. The number of aryl methyl sites for hydroxylation is 1. The Kier molecular flexibility index (Phi) is 4.73. The van der Waals surface area contributed by atoms with E-state index >= 15 is 0 Å². The van der Waals surface area contributed by atoms with Crippen LogP contribution < -0.4 is 4.74 Å². The maximum Gasteiger partial charge on any atom is 0.131 e. The minimum atomic E-state index is 0.136. The predicted molar refractivity (Wildman–Crippen MR) is 73.1 cm³/mol. The second-order valence-electron chi connectivity index (χ2n) is 3.96. The van der Waals surface area contributed by atoms with Gasteiger partial charge in [0.2, 0.25) is 0 Å². The minimum Gasteiger partial charge on any atom is -0.487 e. The zero-order valence-electron chi connectivity index (χ0n) is 10.4. The Bertz CT molecular complexity index is 496. The molecule has 4 heteroatoms. The molecule has 0 saturated carbocycles. The Hall–Kier alpha value is -1.39. The summed E-state index contributed by atoms with van der Waals surface area (Å²) in [4.78, 5) is 4.46. The van der Waals surface area contributed by atoms with E-state index in [4.69, 9.17) is 9.84 Å². The molecule has 1 heterocycles. The molecule has 2 aromatic rings. The van der Waals surface area contributed by atoms with Crippen molar-refractivity contribution < 1.29 is 9.84 Å². The number of ether oxygens (including phenoxy) is 1. The number of aliphatic hydroxyl groups is 1. The van der Waals surface area contributed by atoms with Crippen molar-refractivity contribution in [2.45, 2.75) is 26.4 Å². The molecule has 0 unspecified atom stereocenters. The van der Waals surface area contributed by atoms with Gasteiger partial charge < -0.3 is 9.84 Å². The third-order valence-electron chi connectivity index (χ3n) is 2.63. The molecular weight excluding hydrogens is 246 g/mol. The van der Waals surface area contributed by atoms with Gasteiger partial charge in [-0.1, -0.05) is 25.1 Å². The van der Waals surface area contributed by atoms with Crippen molar-refractivity contribution in [1.29, 1.82) is 0 Å². The Morgan fingerprint density at radius 2 is 2.17 bits per heavy atom. The molecule has 0 atom stereocenters. The second-order valence-corrected chi connectivity index (χ2v) is 4.90. The molecular formula is C14H17NO2S. The molecule has 3 nitrogen and oxygen atoms in total. The molecule has 0 radical (unpaired) electrons. The van der Waals surface area contributed by atoms with Crippen LogP contribution >= 0.6 is 11.3 Å². The van der Waals surface area contributed by atoms with Crippen molar-refractivity contribution in [2.24, 2.45) is 0 Å². The topological polar surface area (TPSA) is 42.4 Å². The highest BCUT2D eigenvalue weighted by Gasteiger charge is 2.05. The molecule has 0 spiro atoms. The van der Waals surface area contributed by atoms with Gasteiger partial charge in [0.15, 0.2) is 0 Å². The molecule has 0 fully saturated rings. The highest BCUT2D eigenvalue weighted by Crippen LogP contribution is 2.20. The molecule has 2 rings (SSSR count). The fraction of sp³-hybridized carbons (Fsp3) is 0.357. The summed E-state index contributed by atoms with van der Waals surface area (Å²) < 4.78 is 5.77. The number of hydrogen-bond donors (Lipinski definition) is 1. The van der Waals surface area contributed by atoms with Crippen LogP contribution in [0.4, 0.5) is 0 Å². The normalized spacial score (nSPS) is 10.6. The molecule has 96 valence electrons. The molecule has 18 heavy (non-hydrogen) atoms. The number of benzene rings is 1. The first kappa shape index (κ1) is 13.1. The summed E-state index contributed by atoms with van der Waals surface area (Å²) in [5, 5.41) is 12.2. The van der Waals surface area contributed by atoms with Crippen LogP contribution in [-0.2, 0) is 19.4 Å². The van der Waals surface area contributed by atoms with Crippen LogP contribution in [-0.4, -0.2) is 16.7 Å². The maximum atomic E-state index is 9.00. The number of para-hydroxylation sites is 1. The van der Waals surface area contributed by atoms with Gasteiger partial charge in [0, 0.05) is 12.0 Å². The fourth-order valence-electron chi connectivity index (χ4n) is 1.70. The third kappa shape index (κ3) is 3.31. The zero-order chi connectivity index (χ0) is 12.8. The van der Waals surface area contributed by atoms with E-state index in [9.17, 15) is 0 Å². The molecule has 1 aromatic heterocycles. The van der Waals surface area contributed by atoms with Crippen molar-refractivity contribution in [3.63, 3.8) is 0 Å².